The fourth-order valence-corrected chi connectivity index (χ4v) is 3.37. The van der Waals surface area contributed by atoms with Gasteiger partial charge in [0.25, 0.3) is 5.09 Å². The number of hydrogen-bond acceptors (Lipinski definition) is 7. The third-order valence-corrected chi connectivity index (χ3v) is 4.69. The molecule has 2 fully saturated rings. The molecule has 1 N–H and O–H groups in total. The lowest BCUT2D eigenvalue weighted by Gasteiger charge is -2.17. The van der Waals surface area contributed by atoms with Crippen molar-refractivity contribution >= 4 is 0 Å². The standard InChI is InChI=1S/C17H24N2O6/c1-22-13-7-5-12(6-8-13)4-2-3-9-18-14-10-23-17-15(25-19(20)21)11-24-16(14)17/h5-8,14-18H,2-4,9-11H2,1H3/t14-,15-,16+,17+/m0/s1. The molecule has 3 rings (SSSR count). The van der Waals surface area contributed by atoms with Gasteiger partial charge in [-0.1, -0.05) is 12.1 Å². The van der Waals surface area contributed by atoms with Gasteiger partial charge >= 0.3 is 0 Å². The zero-order chi connectivity index (χ0) is 17.6. The lowest BCUT2D eigenvalue weighted by atomic mass is 10.1. The van der Waals surface area contributed by atoms with Crippen LogP contribution >= 0.6 is 0 Å². The van der Waals surface area contributed by atoms with Gasteiger partial charge in [-0.25, -0.2) is 0 Å². The van der Waals surface area contributed by atoms with Crippen LogP contribution in [0.2, 0.25) is 0 Å². The molecule has 0 bridgehead atoms. The maximum absolute atomic E-state index is 10.5. The summed E-state index contributed by atoms with van der Waals surface area (Å²) in [5, 5.41) is 13.1. The third kappa shape index (κ3) is 4.59. The smallest absolute Gasteiger partial charge is 0.294 e. The molecule has 0 amide bonds. The summed E-state index contributed by atoms with van der Waals surface area (Å²) in [6.45, 7) is 1.55. The molecule has 0 unspecified atom stereocenters. The molecule has 0 aliphatic carbocycles. The van der Waals surface area contributed by atoms with E-state index in [9.17, 15) is 10.1 Å². The fraction of sp³-hybridized carbons (Fsp3) is 0.647. The molecule has 0 aromatic heterocycles. The Morgan fingerprint density at radius 1 is 1.20 bits per heavy atom. The second-order valence-electron chi connectivity index (χ2n) is 6.33. The lowest BCUT2D eigenvalue weighted by Crippen LogP contribution is -2.42. The molecule has 8 heteroatoms. The number of hydrogen-bond donors (Lipinski definition) is 1. The predicted octanol–water partition coefficient (Wildman–Crippen LogP) is 1.35. The summed E-state index contributed by atoms with van der Waals surface area (Å²) in [7, 11) is 1.66. The zero-order valence-electron chi connectivity index (χ0n) is 14.3. The minimum atomic E-state index is -0.778. The van der Waals surface area contributed by atoms with Crippen LogP contribution in [0.15, 0.2) is 24.3 Å². The summed E-state index contributed by atoms with van der Waals surface area (Å²) >= 11 is 0. The van der Waals surface area contributed by atoms with Crippen LogP contribution in [0.25, 0.3) is 0 Å². The Kier molecular flexibility index (Phi) is 6.06. The summed E-state index contributed by atoms with van der Waals surface area (Å²) in [4.78, 5) is 15.1. The van der Waals surface area contributed by atoms with Crippen LogP contribution in [-0.2, 0) is 20.7 Å². The van der Waals surface area contributed by atoms with Crippen LogP contribution < -0.4 is 10.1 Å². The van der Waals surface area contributed by atoms with Crippen LogP contribution in [0, 0.1) is 10.1 Å². The molecule has 0 saturated carbocycles. The number of benzene rings is 1. The molecule has 2 heterocycles. The summed E-state index contributed by atoms with van der Waals surface area (Å²) in [5.74, 6) is 0.872. The van der Waals surface area contributed by atoms with Crippen LogP contribution in [0.3, 0.4) is 0 Å². The Bertz CT molecular complexity index is 567. The molecule has 2 saturated heterocycles. The quantitative estimate of drug-likeness (QED) is 0.407. The van der Waals surface area contributed by atoms with Gasteiger partial charge < -0.3 is 24.4 Å². The van der Waals surface area contributed by atoms with Gasteiger partial charge in [0.2, 0.25) is 0 Å². The second-order valence-corrected chi connectivity index (χ2v) is 6.33. The molecule has 0 spiro atoms. The van der Waals surface area contributed by atoms with Crippen LogP contribution in [-0.4, -0.2) is 56.3 Å². The monoisotopic (exact) mass is 352 g/mol. The first kappa shape index (κ1) is 17.9. The van der Waals surface area contributed by atoms with E-state index < -0.39 is 11.2 Å². The van der Waals surface area contributed by atoms with Crippen molar-refractivity contribution in [1.82, 2.24) is 5.32 Å². The Labute approximate surface area is 146 Å². The van der Waals surface area contributed by atoms with Crippen molar-refractivity contribution in [3.8, 4) is 5.75 Å². The van der Waals surface area contributed by atoms with E-state index in [4.69, 9.17) is 14.2 Å². The molecule has 1 aromatic rings. The van der Waals surface area contributed by atoms with Crippen LogP contribution in [0.1, 0.15) is 18.4 Å². The Hall–Kier alpha value is -1.90. The largest absolute Gasteiger partial charge is 0.497 e. The van der Waals surface area contributed by atoms with E-state index in [0.29, 0.717) is 6.61 Å². The van der Waals surface area contributed by atoms with E-state index in [1.807, 2.05) is 12.1 Å². The van der Waals surface area contributed by atoms with E-state index in [-0.39, 0.29) is 24.9 Å². The average Bonchev–Trinajstić information content (AvgIpc) is 3.18. The predicted molar refractivity (Wildman–Crippen MR) is 89.1 cm³/mol. The van der Waals surface area contributed by atoms with Gasteiger partial charge in [0.1, 0.15) is 18.0 Å². The van der Waals surface area contributed by atoms with E-state index >= 15 is 0 Å². The van der Waals surface area contributed by atoms with Crippen molar-refractivity contribution in [2.45, 2.75) is 43.6 Å². The number of methoxy groups -OCH3 is 1. The Morgan fingerprint density at radius 3 is 2.68 bits per heavy atom. The molecule has 4 atom stereocenters. The number of aryl methyl sites for hydroxylation is 1. The molecule has 0 radical (unpaired) electrons. The normalized spacial score (nSPS) is 27.9. The van der Waals surface area contributed by atoms with E-state index in [1.54, 1.807) is 7.11 Å². The number of nitrogens with one attached hydrogen (secondary N) is 1. The lowest BCUT2D eigenvalue weighted by molar-refractivity contribution is -0.769. The molecule has 8 nitrogen and oxygen atoms in total. The van der Waals surface area contributed by atoms with Gasteiger partial charge in [-0.15, -0.1) is 10.1 Å². The molecule has 1 aromatic carbocycles. The van der Waals surface area contributed by atoms with E-state index in [2.05, 4.69) is 22.3 Å². The van der Waals surface area contributed by atoms with Crippen LogP contribution in [0.5, 0.6) is 5.75 Å². The highest BCUT2D eigenvalue weighted by Gasteiger charge is 2.49. The second kappa shape index (κ2) is 8.46. The number of ether oxygens (including phenoxy) is 3. The Balaban J connectivity index is 1.34. The number of nitrogens with zero attached hydrogens (tertiary/aromatic N) is 1. The molecular formula is C17H24N2O6. The summed E-state index contributed by atoms with van der Waals surface area (Å²) in [5.41, 5.74) is 1.30. The first-order chi connectivity index (χ1) is 12.2. The summed E-state index contributed by atoms with van der Waals surface area (Å²) in [6.07, 6.45) is 1.98. The van der Waals surface area contributed by atoms with Gasteiger partial charge in [-0.2, -0.15) is 0 Å². The molecule has 2 aliphatic rings. The van der Waals surface area contributed by atoms with Gasteiger partial charge in [-0.05, 0) is 43.5 Å². The van der Waals surface area contributed by atoms with Crippen molar-refractivity contribution in [1.29, 1.82) is 0 Å². The van der Waals surface area contributed by atoms with Gasteiger partial charge in [0.05, 0.1) is 26.4 Å². The minimum Gasteiger partial charge on any atom is -0.497 e. The van der Waals surface area contributed by atoms with Gasteiger partial charge in [0.15, 0.2) is 6.10 Å². The highest BCUT2D eigenvalue weighted by molar-refractivity contribution is 5.27. The number of unbranched alkanes of at least 4 members (excludes halogenated alkanes) is 1. The molecule has 2 aliphatic heterocycles. The van der Waals surface area contributed by atoms with Crippen LogP contribution in [0.4, 0.5) is 0 Å². The van der Waals surface area contributed by atoms with Crippen molar-refractivity contribution in [2.75, 3.05) is 26.9 Å². The summed E-state index contributed by atoms with van der Waals surface area (Å²) < 4.78 is 16.4. The number of rotatable bonds is 9. The van der Waals surface area contributed by atoms with Crippen molar-refractivity contribution in [3.05, 3.63) is 39.9 Å². The van der Waals surface area contributed by atoms with Crippen molar-refractivity contribution in [2.24, 2.45) is 0 Å². The van der Waals surface area contributed by atoms with Crippen molar-refractivity contribution < 1.29 is 24.1 Å². The maximum atomic E-state index is 10.5. The highest BCUT2D eigenvalue weighted by atomic mass is 17.0. The molecular weight excluding hydrogens is 328 g/mol. The van der Waals surface area contributed by atoms with E-state index in [1.165, 1.54) is 5.56 Å². The van der Waals surface area contributed by atoms with Gasteiger partial charge in [0, 0.05) is 0 Å². The SMILES string of the molecule is COc1ccc(CCCCN[C@H]2CO[C@H]3[C@@H]2OC[C@@H]3O[N+](=O)[O-])cc1. The number of fused-ring (bicyclic) bond motifs is 1. The average molecular weight is 352 g/mol. The molecule has 25 heavy (non-hydrogen) atoms. The maximum Gasteiger partial charge on any atom is 0.294 e. The zero-order valence-corrected chi connectivity index (χ0v) is 14.3. The Morgan fingerprint density at radius 2 is 1.96 bits per heavy atom. The summed E-state index contributed by atoms with van der Waals surface area (Å²) in [6, 6.07) is 8.19. The van der Waals surface area contributed by atoms with E-state index in [0.717, 1.165) is 31.6 Å². The minimum absolute atomic E-state index is 0.0614. The third-order valence-electron chi connectivity index (χ3n) is 4.69. The first-order valence-electron chi connectivity index (χ1n) is 8.58. The highest BCUT2D eigenvalue weighted by Crippen LogP contribution is 2.28. The first-order valence-corrected chi connectivity index (χ1v) is 8.58. The van der Waals surface area contributed by atoms with Gasteiger partial charge in [-0.3, -0.25) is 0 Å². The van der Waals surface area contributed by atoms with Crippen molar-refractivity contribution in [3.63, 3.8) is 0 Å². The molecule has 138 valence electrons. The fourth-order valence-electron chi connectivity index (χ4n) is 3.37. The topological polar surface area (TPSA) is 92.1 Å².